The molecule has 0 fully saturated rings. The van der Waals surface area contributed by atoms with E-state index in [1.54, 1.807) is 13.8 Å². The van der Waals surface area contributed by atoms with Crippen LogP contribution in [0, 0.1) is 17.6 Å². The minimum atomic E-state index is -1.15. The lowest BCUT2D eigenvalue weighted by Gasteiger charge is -2.15. The van der Waals surface area contributed by atoms with E-state index in [-0.39, 0.29) is 12.5 Å². The summed E-state index contributed by atoms with van der Waals surface area (Å²) in [6, 6.07) is 1.16. The Morgan fingerprint density at radius 1 is 1.39 bits per heavy atom. The summed E-state index contributed by atoms with van der Waals surface area (Å²) in [4.78, 5) is 11.6. The fourth-order valence-corrected chi connectivity index (χ4v) is 1.31. The van der Waals surface area contributed by atoms with Gasteiger partial charge in [-0.1, -0.05) is 13.8 Å². The van der Waals surface area contributed by atoms with Gasteiger partial charge in [-0.2, -0.15) is 0 Å². The predicted octanol–water partition coefficient (Wildman–Crippen LogP) is 1.42. The Morgan fingerprint density at radius 2 is 2.00 bits per heavy atom. The largest absolute Gasteiger partial charge is 0.507 e. The van der Waals surface area contributed by atoms with E-state index in [0.717, 1.165) is 0 Å². The van der Waals surface area contributed by atoms with E-state index in [4.69, 9.17) is 0 Å². The van der Waals surface area contributed by atoms with Crippen LogP contribution in [0.2, 0.25) is 0 Å². The first-order valence-electron chi connectivity index (χ1n) is 5.47. The molecule has 100 valence electrons. The van der Waals surface area contributed by atoms with Gasteiger partial charge >= 0.3 is 0 Å². The zero-order valence-electron chi connectivity index (χ0n) is 10.1. The van der Waals surface area contributed by atoms with Crippen LogP contribution in [-0.4, -0.2) is 28.8 Å². The van der Waals surface area contributed by atoms with Gasteiger partial charge in [0.15, 0.2) is 0 Å². The molecule has 1 aromatic rings. The van der Waals surface area contributed by atoms with Gasteiger partial charge in [0.05, 0.1) is 6.10 Å². The van der Waals surface area contributed by atoms with Gasteiger partial charge in [0.1, 0.15) is 22.9 Å². The number of aliphatic hydroxyl groups excluding tert-OH is 1. The number of phenols is 1. The average molecular weight is 259 g/mol. The van der Waals surface area contributed by atoms with Crippen molar-refractivity contribution < 1.29 is 23.8 Å². The number of carbonyl (C=O) groups excluding carboxylic acids is 1. The van der Waals surface area contributed by atoms with Crippen molar-refractivity contribution in [3.8, 4) is 5.75 Å². The molecule has 1 atom stereocenters. The second-order valence-electron chi connectivity index (χ2n) is 4.30. The summed E-state index contributed by atoms with van der Waals surface area (Å²) in [6.07, 6.45) is -0.778. The number of nitrogens with one attached hydrogen (secondary N) is 1. The Hall–Kier alpha value is -1.69. The van der Waals surface area contributed by atoms with Gasteiger partial charge in [0, 0.05) is 18.7 Å². The summed E-state index contributed by atoms with van der Waals surface area (Å²) in [6.45, 7) is 3.44. The Bertz CT molecular complexity index is 426. The van der Waals surface area contributed by atoms with Gasteiger partial charge in [-0.15, -0.1) is 0 Å². The second-order valence-corrected chi connectivity index (χ2v) is 4.30. The van der Waals surface area contributed by atoms with E-state index in [2.05, 4.69) is 5.32 Å². The molecule has 3 N–H and O–H groups in total. The predicted molar refractivity (Wildman–Crippen MR) is 61.2 cm³/mol. The molecule has 0 aliphatic carbocycles. The number of aliphatic hydroxyl groups is 1. The Morgan fingerprint density at radius 3 is 2.50 bits per heavy atom. The lowest BCUT2D eigenvalue weighted by molar-refractivity contribution is 0.0865. The minimum absolute atomic E-state index is 0.0723. The van der Waals surface area contributed by atoms with Gasteiger partial charge in [0.2, 0.25) is 0 Å². The summed E-state index contributed by atoms with van der Waals surface area (Å²) >= 11 is 0. The number of rotatable bonds is 4. The van der Waals surface area contributed by atoms with Crippen molar-refractivity contribution in [2.24, 2.45) is 5.92 Å². The van der Waals surface area contributed by atoms with E-state index in [9.17, 15) is 23.8 Å². The molecule has 1 amide bonds. The van der Waals surface area contributed by atoms with Crippen molar-refractivity contribution in [1.82, 2.24) is 5.32 Å². The normalized spacial score (nSPS) is 12.6. The summed E-state index contributed by atoms with van der Waals surface area (Å²) < 4.78 is 26.0. The van der Waals surface area contributed by atoms with Crippen molar-refractivity contribution in [2.45, 2.75) is 20.0 Å². The first-order chi connectivity index (χ1) is 8.32. The summed E-state index contributed by atoms with van der Waals surface area (Å²) in [5, 5.41) is 21.1. The molecule has 0 heterocycles. The van der Waals surface area contributed by atoms with Crippen molar-refractivity contribution in [2.75, 3.05) is 6.54 Å². The summed E-state index contributed by atoms with van der Waals surface area (Å²) in [5.74, 6) is -3.86. The van der Waals surface area contributed by atoms with E-state index in [0.29, 0.717) is 12.1 Å². The highest BCUT2D eigenvalue weighted by Gasteiger charge is 2.19. The number of aromatic hydroxyl groups is 1. The quantitative estimate of drug-likeness (QED) is 0.766. The zero-order valence-corrected chi connectivity index (χ0v) is 10.1. The molecular formula is C12H15F2NO3. The van der Waals surface area contributed by atoms with Crippen LogP contribution < -0.4 is 5.32 Å². The fourth-order valence-electron chi connectivity index (χ4n) is 1.31. The fraction of sp³-hybridized carbons (Fsp3) is 0.417. The topological polar surface area (TPSA) is 69.6 Å². The Kier molecular flexibility index (Phi) is 4.61. The zero-order chi connectivity index (χ0) is 13.9. The van der Waals surface area contributed by atoms with Crippen LogP contribution in [0.25, 0.3) is 0 Å². The second kappa shape index (κ2) is 5.77. The highest BCUT2D eigenvalue weighted by molar-refractivity contribution is 5.97. The first-order valence-corrected chi connectivity index (χ1v) is 5.47. The van der Waals surface area contributed by atoms with Gasteiger partial charge in [0.25, 0.3) is 5.91 Å². The standard InChI is InChI=1S/C12H15F2NO3/c1-6(2)10(17)5-15-12(18)11-8(14)3-7(13)4-9(11)16/h3-4,6,10,16-17H,5H2,1-2H3,(H,15,18). The van der Waals surface area contributed by atoms with Gasteiger partial charge in [-0.3, -0.25) is 4.79 Å². The van der Waals surface area contributed by atoms with Crippen LogP contribution in [0.5, 0.6) is 5.75 Å². The molecule has 1 unspecified atom stereocenters. The smallest absolute Gasteiger partial charge is 0.258 e. The molecule has 0 aliphatic heterocycles. The van der Waals surface area contributed by atoms with Gasteiger partial charge < -0.3 is 15.5 Å². The number of amides is 1. The number of hydrogen-bond donors (Lipinski definition) is 3. The number of hydrogen-bond acceptors (Lipinski definition) is 3. The van der Waals surface area contributed by atoms with Crippen molar-refractivity contribution in [3.05, 3.63) is 29.3 Å². The molecular weight excluding hydrogens is 244 g/mol. The molecule has 4 nitrogen and oxygen atoms in total. The van der Waals surface area contributed by atoms with Gasteiger partial charge in [-0.05, 0) is 5.92 Å². The number of benzene rings is 1. The lowest BCUT2D eigenvalue weighted by Crippen LogP contribution is -2.35. The molecule has 0 aromatic heterocycles. The maximum absolute atomic E-state index is 13.3. The van der Waals surface area contributed by atoms with Gasteiger partial charge in [-0.25, -0.2) is 8.78 Å². The van der Waals surface area contributed by atoms with Crippen molar-refractivity contribution >= 4 is 5.91 Å². The third kappa shape index (κ3) is 3.40. The van der Waals surface area contributed by atoms with E-state index in [1.807, 2.05) is 0 Å². The summed E-state index contributed by atoms with van der Waals surface area (Å²) in [5.41, 5.74) is -0.632. The Labute approximate surface area is 103 Å². The van der Waals surface area contributed by atoms with Crippen LogP contribution in [0.4, 0.5) is 8.78 Å². The molecule has 6 heteroatoms. The first kappa shape index (κ1) is 14.4. The molecule has 18 heavy (non-hydrogen) atoms. The molecule has 1 aromatic carbocycles. The van der Waals surface area contributed by atoms with Crippen molar-refractivity contribution in [1.29, 1.82) is 0 Å². The minimum Gasteiger partial charge on any atom is -0.507 e. The monoisotopic (exact) mass is 259 g/mol. The SMILES string of the molecule is CC(C)C(O)CNC(=O)c1c(O)cc(F)cc1F. The van der Waals surface area contributed by atoms with Crippen LogP contribution in [0.3, 0.4) is 0 Å². The molecule has 0 bridgehead atoms. The molecule has 0 radical (unpaired) electrons. The highest BCUT2D eigenvalue weighted by atomic mass is 19.1. The number of carbonyl (C=O) groups is 1. The molecule has 0 saturated carbocycles. The van der Waals surface area contributed by atoms with E-state index in [1.165, 1.54) is 0 Å². The average Bonchev–Trinajstić information content (AvgIpc) is 2.24. The third-order valence-electron chi connectivity index (χ3n) is 2.50. The Balaban J connectivity index is 2.79. The molecule has 0 spiro atoms. The highest BCUT2D eigenvalue weighted by Crippen LogP contribution is 2.21. The van der Waals surface area contributed by atoms with Crippen molar-refractivity contribution in [3.63, 3.8) is 0 Å². The van der Waals surface area contributed by atoms with Crippen LogP contribution >= 0.6 is 0 Å². The molecule has 1 rings (SSSR count). The number of halogens is 2. The van der Waals surface area contributed by atoms with Crippen LogP contribution in [0.15, 0.2) is 12.1 Å². The maximum Gasteiger partial charge on any atom is 0.258 e. The maximum atomic E-state index is 13.3. The van der Waals surface area contributed by atoms with E-state index < -0.39 is 35.0 Å². The third-order valence-corrected chi connectivity index (χ3v) is 2.50. The lowest BCUT2D eigenvalue weighted by atomic mass is 10.1. The van der Waals surface area contributed by atoms with Crippen LogP contribution in [-0.2, 0) is 0 Å². The van der Waals surface area contributed by atoms with Crippen LogP contribution in [0.1, 0.15) is 24.2 Å². The molecule has 0 aliphatic rings. The summed E-state index contributed by atoms with van der Waals surface area (Å²) in [7, 11) is 0. The van der Waals surface area contributed by atoms with E-state index >= 15 is 0 Å². The molecule has 0 saturated heterocycles. The number of phenolic OH excluding ortho intramolecular Hbond substituents is 1.